The van der Waals surface area contributed by atoms with E-state index >= 15 is 0 Å². The van der Waals surface area contributed by atoms with Crippen molar-refractivity contribution in [3.63, 3.8) is 0 Å². The van der Waals surface area contributed by atoms with Crippen molar-refractivity contribution in [2.75, 3.05) is 6.61 Å². The van der Waals surface area contributed by atoms with Crippen molar-refractivity contribution in [1.29, 1.82) is 0 Å². The maximum Gasteiger partial charge on any atom is 0.189 e. The molecule has 3 atom stereocenters. The van der Waals surface area contributed by atoms with Crippen molar-refractivity contribution in [3.05, 3.63) is 34.9 Å². The summed E-state index contributed by atoms with van der Waals surface area (Å²) in [5.41, 5.74) is 0.557. The molecule has 0 heterocycles. The van der Waals surface area contributed by atoms with Gasteiger partial charge in [-0.2, -0.15) is 0 Å². The summed E-state index contributed by atoms with van der Waals surface area (Å²) in [6.07, 6.45) is 3.52. The van der Waals surface area contributed by atoms with Gasteiger partial charge in [0.05, 0.1) is 11.1 Å². The number of hydrogen-bond acceptors (Lipinski definition) is 2. The molecule has 3 heteroatoms. The standard InChI is InChI=1S/C16H21ClO2/c1-11-7-8-13(9-12(11)2)19-10-16(18)14-5-3-4-6-15(14)17/h3-6,11-13H,7-10H2,1-2H3. The molecule has 1 aliphatic rings. The third kappa shape index (κ3) is 3.80. The van der Waals surface area contributed by atoms with Crippen molar-refractivity contribution in [2.24, 2.45) is 11.8 Å². The molecule has 1 saturated carbocycles. The lowest BCUT2D eigenvalue weighted by molar-refractivity contribution is 0.00708. The number of Topliss-reactive ketones (excluding diaryl/α,β-unsaturated/α-hetero) is 1. The maximum atomic E-state index is 12.0. The van der Waals surface area contributed by atoms with Crippen LogP contribution in [0.15, 0.2) is 24.3 Å². The molecular formula is C16H21ClO2. The second-order valence-electron chi connectivity index (χ2n) is 5.60. The molecule has 0 N–H and O–H groups in total. The minimum Gasteiger partial charge on any atom is -0.370 e. The average molecular weight is 281 g/mol. The minimum atomic E-state index is -0.0307. The van der Waals surface area contributed by atoms with Gasteiger partial charge in [-0.15, -0.1) is 0 Å². The highest BCUT2D eigenvalue weighted by atomic mass is 35.5. The van der Waals surface area contributed by atoms with Crippen molar-refractivity contribution in [2.45, 2.75) is 39.2 Å². The average Bonchev–Trinajstić information content (AvgIpc) is 2.40. The van der Waals surface area contributed by atoms with E-state index in [0.717, 1.165) is 18.8 Å². The van der Waals surface area contributed by atoms with Crippen LogP contribution in [0.3, 0.4) is 0 Å². The number of hydrogen-bond donors (Lipinski definition) is 0. The second kappa shape index (κ2) is 6.53. The van der Waals surface area contributed by atoms with Crippen LogP contribution in [0, 0.1) is 11.8 Å². The first-order chi connectivity index (χ1) is 9.08. The van der Waals surface area contributed by atoms with E-state index in [2.05, 4.69) is 13.8 Å². The van der Waals surface area contributed by atoms with Crippen LogP contribution in [-0.4, -0.2) is 18.5 Å². The molecule has 1 fully saturated rings. The zero-order chi connectivity index (χ0) is 13.8. The summed E-state index contributed by atoms with van der Waals surface area (Å²) < 4.78 is 5.76. The van der Waals surface area contributed by atoms with Crippen molar-refractivity contribution < 1.29 is 9.53 Å². The highest BCUT2D eigenvalue weighted by molar-refractivity contribution is 6.34. The SMILES string of the molecule is CC1CCC(OCC(=O)c2ccccc2Cl)CC1C. The van der Waals surface area contributed by atoms with Gasteiger partial charge in [0.15, 0.2) is 5.78 Å². The predicted molar refractivity (Wildman–Crippen MR) is 77.7 cm³/mol. The quantitative estimate of drug-likeness (QED) is 0.766. The van der Waals surface area contributed by atoms with Crippen LogP contribution in [0.5, 0.6) is 0 Å². The Kier molecular flexibility index (Phi) is 5.00. The van der Waals surface area contributed by atoms with E-state index in [1.165, 1.54) is 6.42 Å². The Morgan fingerprint density at radius 1 is 1.26 bits per heavy atom. The maximum absolute atomic E-state index is 12.0. The van der Waals surface area contributed by atoms with Gasteiger partial charge in [0.25, 0.3) is 0 Å². The topological polar surface area (TPSA) is 26.3 Å². The monoisotopic (exact) mass is 280 g/mol. The third-order valence-electron chi connectivity index (χ3n) is 4.17. The van der Waals surface area contributed by atoms with Gasteiger partial charge >= 0.3 is 0 Å². The Balaban J connectivity index is 1.86. The van der Waals surface area contributed by atoms with Gasteiger partial charge in [0, 0.05) is 5.56 Å². The Morgan fingerprint density at radius 3 is 2.68 bits per heavy atom. The third-order valence-corrected chi connectivity index (χ3v) is 4.50. The summed E-state index contributed by atoms with van der Waals surface area (Å²) in [6.45, 7) is 4.68. The molecule has 0 amide bonds. The van der Waals surface area contributed by atoms with Crippen LogP contribution >= 0.6 is 11.6 Å². The van der Waals surface area contributed by atoms with Gasteiger partial charge in [-0.05, 0) is 43.2 Å². The molecule has 104 valence electrons. The molecule has 0 spiro atoms. The first kappa shape index (κ1) is 14.5. The Labute approximate surface area is 120 Å². The number of benzene rings is 1. The van der Waals surface area contributed by atoms with Crippen LogP contribution in [0.25, 0.3) is 0 Å². The molecule has 19 heavy (non-hydrogen) atoms. The van der Waals surface area contributed by atoms with Gasteiger partial charge in [-0.1, -0.05) is 37.6 Å². The highest BCUT2D eigenvalue weighted by Gasteiger charge is 2.25. The van der Waals surface area contributed by atoms with Gasteiger partial charge in [-0.25, -0.2) is 0 Å². The van der Waals surface area contributed by atoms with Crippen LogP contribution in [-0.2, 0) is 4.74 Å². The molecule has 0 bridgehead atoms. The number of carbonyl (C=O) groups is 1. The fraction of sp³-hybridized carbons (Fsp3) is 0.562. The van der Waals surface area contributed by atoms with E-state index in [9.17, 15) is 4.79 Å². The summed E-state index contributed by atoms with van der Waals surface area (Å²) in [7, 11) is 0. The Hall–Kier alpha value is -0.860. The molecule has 2 rings (SSSR count). The zero-order valence-corrected chi connectivity index (χ0v) is 12.3. The molecule has 0 saturated heterocycles. The highest BCUT2D eigenvalue weighted by Crippen LogP contribution is 2.31. The second-order valence-corrected chi connectivity index (χ2v) is 6.01. The lowest BCUT2D eigenvalue weighted by Crippen LogP contribution is -2.28. The smallest absolute Gasteiger partial charge is 0.189 e. The van der Waals surface area contributed by atoms with Crippen LogP contribution in [0.2, 0.25) is 5.02 Å². The largest absolute Gasteiger partial charge is 0.370 e. The summed E-state index contributed by atoms with van der Waals surface area (Å²) in [6, 6.07) is 7.13. The number of ether oxygens (including phenoxy) is 1. The lowest BCUT2D eigenvalue weighted by atomic mass is 9.80. The van der Waals surface area contributed by atoms with E-state index in [-0.39, 0.29) is 18.5 Å². The van der Waals surface area contributed by atoms with Crippen LogP contribution in [0.1, 0.15) is 43.5 Å². The van der Waals surface area contributed by atoms with Gasteiger partial charge in [0.2, 0.25) is 0 Å². The lowest BCUT2D eigenvalue weighted by Gasteiger charge is -2.31. The molecule has 3 unspecified atom stereocenters. The summed E-state index contributed by atoms with van der Waals surface area (Å²) in [4.78, 5) is 12.0. The van der Waals surface area contributed by atoms with E-state index in [4.69, 9.17) is 16.3 Å². The molecule has 0 aliphatic heterocycles. The molecule has 2 nitrogen and oxygen atoms in total. The number of carbonyl (C=O) groups excluding carboxylic acids is 1. The van der Waals surface area contributed by atoms with Crippen molar-refractivity contribution >= 4 is 17.4 Å². The number of halogens is 1. The fourth-order valence-electron chi connectivity index (χ4n) is 2.61. The Bertz CT molecular complexity index is 444. The van der Waals surface area contributed by atoms with Gasteiger partial charge < -0.3 is 4.74 Å². The van der Waals surface area contributed by atoms with Crippen LogP contribution in [0.4, 0.5) is 0 Å². The molecule has 1 aromatic carbocycles. The van der Waals surface area contributed by atoms with Gasteiger partial charge in [0.1, 0.15) is 6.61 Å². The summed E-state index contributed by atoms with van der Waals surface area (Å²) >= 11 is 6.01. The molecule has 1 aromatic rings. The molecule has 0 radical (unpaired) electrons. The Morgan fingerprint density at radius 2 is 2.00 bits per heavy atom. The van der Waals surface area contributed by atoms with Crippen molar-refractivity contribution in [1.82, 2.24) is 0 Å². The van der Waals surface area contributed by atoms with E-state index in [1.54, 1.807) is 12.1 Å². The van der Waals surface area contributed by atoms with Gasteiger partial charge in [-0.3, -0.25) is 4.79 Å². The fourth-order valence-corrected chi connectivity index (χ4v) is 2.85. The van der Waals surface area contributed by atoms with E-state index in [1.807, 2.05) is 12.1 Å². The number of ketones is 1. The number of rotatable bonds is 4. The van der Waals surface area contributed by atoms with E-state index in [0.29, 0.717) is 16.5 Å². The normalized spacial score (nSPS) is 27.2. The predicted octanol–water partition coefficient (Wildman–Crippen LogP) is 4.36. The first-order valence-electron chi connectivity index (χ1n) is 6.97. The minimum absolute atomic E-state index is 0.0307. The van der Waals surface area contributed by atoms with E-state index < -0.39 is 0 Å². The first-order valence-corrected chi connectivity index (χ1v) is 7.35. The molecule has 1 aliphatic carbocycles. The van der Waals surface area contributed by atoms with Crippen LogP contribution < -0.4 is 0 Å². The van der Waals surface area contributed by atoms with Crippen molar-refractivity contribution in [3.8, 4) is 0 Å². The summed E-state index contributed by atoms with van der Waals surface area (Å²) in [5.74, 6) is 1.41. The molecular weight excluding hydrogens is 260 g/mol. The summed E-state index contributed by atoms with van der Waals surface area (Å²) in [5, 5.41) is 0.502. The zero-order valence-electron chi connectivity index (χ0n) is 11.6. The molecule has 0 aromatic heterocycles.